The summed E-state index contributed by atoms with van der Waals surface area (Å²) in [5.74, 6) is 0.232. The van der Waals surface area contributed by atoms with Gasteiger partial charge in [-0.2, -0.15) is 0 Å². The molecule has 1 aliphatic heterocycles. The summed E-state index contributed by atoms with van der Waals surface area (Å²) in [6.07, 6.45) is 2.77. The maximum absolute atomic E-state index is 12.1. The third kappa shape index (κ3) is 2.67. The number of nitrogens with one attached hydrogen (secondary N) is 1. The first-order chi connectivity index (χ1) is 9.65. The van der Waals surface area contributed by atoms with Crippen LogP contribution in [0.5, 0.6) is 0 Å². The summed E-state index contributed by atoms with van der Waals surface area (Å²) in [6.45, 7) is 2.45. The van der Waals surface area contributed by atoms with Crippen molar-refractivity contribution in [2.24, 2.45) is 0 Å². The number of imidazole rings is 1. The predicted octanol–water partition coefficient (Wildman–Crippen LogP) is 3.47. The minimum atomic E-state index is 0.232. The Morgan fingerprint density at radius 2 is 2.10 bits per heavy atom. The lowest BCUT2D eigenvalue weighted by atomic mass is 10.3. The average Bonchev–Trinajstić information content (AvgIpc) is 3.03. The van der Waals surface area contributed by atoms with E-state index >= 15 is 0 Å². The van der Waals surface area contributed by atoms with Crippen molar-refractivity contribution in [1.29, 1.82) is 0 Å². The molecule has 2 heterocycles. The lowest BCUT2D eigenvalue weighted by molar-refractivity contribution is -0.130. The van der Waals surface area contributed by atoms with E-state index in [9.17, 15) is 4.79 Å². The van der Waals surface area contributed by atoms with Crippen LogP contribution in [0.4, 0.5) is 0 Å². The zero-order valence-electron chi connectivity index (χ0n) is 11.1. The number of amides is 1. The summed E-state index contributed by atoms with van der Waals surface area (Å²) in [5, 5.41) is 0. The van der Waals surface area contributed by atoms with E-state index < -0.39 is 0 Å². The number of carbonyl (C=O) groups excluding carboxylic acids is 1. The number of fused-ring (bicyclic) bond motifs is 1. The molecule has 0 bridgehead atoms. The molecule has 2 aromatic rings. The third-order valence-electron chi connectivity index (χ3n) is 3.74. The van der Waals surface area contributed by atoms with E-state index in [1.165, 1.54) is 0 Å². The van der Waals surface area contributed by atoms with Crippen LogP contribution in [-0.4, -0.2) is 33.4 Å². The number of halogens is 1. The minimum Gasteiger partial charge on any atom is -0.343 e. The number of aromatic nitrogens is 2. The standard InChI is InChI=1S/C14H16BrN3OS/c15-10-3-4-12-11(9-10)16-14(20)18(12)8-5-13(19)17-6-1-2-7-17/h3-4,9H,1-2,5-8H2,(H,16,20). The van der Waals surface area contributed by atoms with Crippen LogP contribution < -0.4 is 0 Å². The van der Waals surface area contributed by atoms with E-state index in [2.05, 4.69) is 20.9 Å². The van der Waals surface area contributed by atoms with Gasteiger partial charge in [-0.25, -0.2) is 0 Å². The maximum atomic E-state index is 12.1. The molecule has 106 valence electrons. The summed E-state index contributed by atoms with van der Waals surface area (Å²) in [6, 6.07) is 6.01. The van der Waals surface area contributed by atoms with Crippen molar-refractivity contribution in [1.82, 2.24) is 14.5 Å². The van der Waals surface area contributed by atoms with Gasteiger partial charge in [-0.05, 0) is 43.3 Å². The van der Waals surface area contributed by atoms with Crippen molar-refractivity contribution in [2.75, 3.05) is 13.1 Å². The quantitative estimate of drug-likeness (QED) is 0.858. The Morgan fingerprint density at radius 3 is 2.85 bits per heavy atom. The van der Waals surface area contributed by atoms with Gasteiger partial charge in [-0.1, -0.05) is 15.9 Å². The number of hydrogen-bond donors (Lipinski definition) is 1. The molecule has 1 N–H and O–H groups in total. The topological polar surface area (TPSA) is 41.0 Å². The molecular formula is C14H16BrN3OS. The smallest absolute Gasteiger partial charge is 0.224 e. The van der Waals surface area contributed by atoms with Crippen molar-refractivity contribution in [3.63, 3.8) is 0 Å². The van der Waals surface area contributed by atoms with Gasteiger partial charge in [0.1, 0.15) is 0 Å². The molecule has 1 fully saturated rings. The van der Waals surface area contributed by atoms with Crippen molar-refractivity contribution in [3.05, 3.63) is 27.4 Å². The number of hydrogen-bond acceptors (Lipinski definition) is 2. The molecule has 0 saturated carbocycles. The van der Waals surface area contributed by atoms with E-state index in [0.717, 1.165) is 41.4 Å². The van der Waals surface area contributed by atoms with Crippen LogP contribution >= 0.6 is 28.1 Å². The highest BCUT2D eigenvalue weighted by atomic mass is 79.9. The number of benzene rings is 1. The molecule has 3 rings (SSSR count). The number of nitrogens with zero attached hydrogens (tertiary/aromatic N) is 2. The van der Waals surface area contributed by atoms with Gasteiger partial charge in [-0.15, -0.1) is 0 Å². The number of rotatable bonds is 3. The largest absolute Gasteiger partial charge is 0.343 e. The first-order valence-corrected chi connectivity index (χ1v) is 8.01. The van der Waals surface area contributed by atoms with Gasteiger partial charge < -0.3 is 14.5 Å². The van der Waals surface area contributed by atoms with E-state index in [-0.39, 0.29) is 5.91 Å². The van der Waals surface area contributed by atoms with E-state index in [1.807, 2.05) is 27.7 Å². The van der Waals surface area contributed by atoms with Crippen LogP contribution in [0.2, 0.25) is 0 Å². The summed E-state index contributed by atoms with van der Waals surface area (Å²) < 4.78 is 3.69. The van der Waals surface area contributed by atoms with Crippen LogP contribution in [0.3, 0.4) is 0 Å². The Bertz CT molecular complexity index is 700. The highest BCUT2D eigenvalue weighted by molar-refractivity contribution is 9.10. The highest BCUT2D eigenvalue weighted by Gasteiger charge is 2.17. The van der Waals surface area contributed by atoms with Crippen molar-refractivity contribution < 1.29 is 4.79 Å². The molecule has 0 radical (unpaired) electrons. The first-order valence-electron chi connectivity index (χ1n) is 6.81. The Kier molecular flexibility index (Phi) is 3.94. The summed E-state index contributed by atoms with van der Waals surface area (Å²) in [5.41, 5.74) is 2.05. The van der Waals surface area contributed by atoms with Gasteiger partial charge in [-0.3, -0.25) is 4.79 Å². The fourth-order valence-corrected chi connectivity index (χ4v) is 3.35. The van der Waals surface area contributed by atoms with Crippen molar-refractivity contribution >= 4 is 45.1 Å². The number of carbonyl (C=O) groups is 1. The molecule has 0 spiro atoms. The van der Waals surface area contributed by atoms with Gasteiger partial charge >= 0.3 is 0 Å². The second-order valence-electron chi connectivity index (χ2n) is 5.08. The maximum Gasteiger partial charge on any atom is 0.224 e. The molecule has 1 amide bonds. The SMILES string of the molecule is O=C(CCn1c(=S)[nH]c2cc(Br)ccc21)N1CCCC1. The van der Waals surface area contributed by atoms with Crippen molar-refractivity contribution in [2.45, 2.75) is 25.8 Å². The molecule has 1 aliphatic rings. The molecule has 1 saturated heterocycles. The second kappa shape index (κ2) is 5.69. The molecular weight excluding hydrogens is 338 g/mol. The Hall–Kier alpha value is -1.14. The molecule has 6 heteroatoms. The van der Waals surface area contributed by atoms with Crippen LogP contribution in [-0.2, 0) is 11.3 Å². The summed E-state index contributed by atoms with van der Waals surface area (Å²) >= 11 is 8.80. The Morgan fingerprint density at radius 1 is 1.35 bits per heavy atom. The van der Waals surface area contributed by atoms with Crippen LogP contribution in [0.1, 0.15) is 19.3 Å². The summed E-state index contributed by atoms with van der Waals surface area (Å²) in [4.78, 5) is 17.2. The van der Waals surface area contributed by atoms with Gasteiger partial charge in [0.05, 0.1) is 11.0 Å². The first kappa shape index (κ1) is 13.8. The van der Waals surface area contributed by atoms with Gasteiger partial charge in [0, 0.05) is 30.5 Å². The summed E-state index contributed by atoms with van der Waals surface area (Å²) in [7, 11) is 0. The number of aryl methyl sites for hydroxylation is 1. The van der Waals surface area contributed by atoms with E-state index in [0.29, 0.717) is 17.7 Å². The van der Waals surface area contributed by atoms with E-state index in [4.69, 9.17) is 12.2 Å². The van der Waals surface area contributed by atoms with Crippen LogP contribution in [0.15, 0.2) is 22.7 Å². The average molecular weight is 354 g/mol. The fraction of sp³-hybridized carbons (Fsp3) is 0.429. The zero-order chi connectivity index (χ0) is 14.1. The Balaban J connectivity index is 1.78. The monoisotopic (exact) mass is 353 g/mol. The molecule has 1 aromatic heterocycles. The molecule has 4 nitrogen and oxygen atoms in total. The van der Waals surface area contributed by atoms with E-state index in [1.54, 1.807) is 0 Å². The molecule has 1 aromatic carbocycles. The normalized spacial score (nSPS) is 15.2. The Labute approximate surface area is 130 Å². The minimum absolute atomic E-state index is 0.232. The number of aromatic amines is 1. The third-order valence-corrected chi connectivity index (χ3v) is 4.56. The lowest BCUT2D eigenvalue weighted by Crippen LogP contribution is -2.28. The van der Waals surface area contributed by atoms with Crippen LogP contribution in [0, 0.1) is 4.77 Å². The zero-order valence-corrected chi connectivity index (χ0v) is 13.5. The second-order valence-corrected chi connectivity index (χ2v) is 6.38. The number of likely N-dealkylation sites (tertiary alicyclic amines) is 1. The predicted molar refractivity (Wildman–Crippen MR) is 85.3 cm³/mol. The molecule has 0 unspecified atom stereocenters. The fourth-order valence-electron chi connectivity index (χ4n) is 2.69. The number of H-pyrrole nitrogens is 1. The van der Waals surface area contributed by atoms with Crippen LogP contribution in [0.25, 0.3) is 11.0 Å². The van der Waals surface area contributed by atoms with Gasteiger partial charge in [0.15, 0.2) is 4.77 Å². The molecule has 20 heavy (non-hydrogen) atoms. The molecule has 0 atom stereocenters. The highest BCUT2D eigenvalue weighted by Crippen LogP contribution is 2.20. The lowest BCUT2D eigenvalue weighted by Gasteiger charge is -2.15. The van der Waals surface area contributed by atoms with Crippen molar-refractivity contribution in [3.8, 4) is 0 Å². The van der Waals surface area contributed by atoms with Gasteiger partial charge in [0.2, 0.25) is 5.91 Å². The molecule has 0 aliphatic carbocycles. The van der Waals surface area contributed by atoms with Gasteiger partial charge in [0.25, 0.3) is 0 Å².